The standard InChI is InChI=1S/C36H54N4O4/c1-35(2,3)43-33(41)37-30-20-25-40(28-30)24-15-8-6-5-7-14-23-39-26-21-36(4,22-27-39)44-34(42)38-32-19-13-12-18-31(32)29-16-10-9-11-17-29/h9-13,16-19,30H,5-8,14-15,20-28H2,1-4H3,(H,37,41)(H,38,42)/t30-/m0/s1. The average molecular weight is 607 g/mol. The van der Waals surface area contributed by atoms with Gasteiger partial charge >= 0.3 is 12.2 Å². The second-order valence-electron chi connectivity index (χ2n) is 13.8. The predicted octanol–water partition coefficient (Wildman–Crippen LogP) is 7.70. The molecule has 2 aliphatic heterocycles. The Kier molecular flexibility index (Phi) is 12.5. The van der Waals surface area contributed by atoms with E-state index in [1.54, 1.807) is 0 Å². The molecule has 8 heteroatoms. The summed E-state index contributed by atoms with van der Waals surface area (Å²) in [7, 11) is 0. The second kappa shape index (κ2) is 16.3. The van der Waals surface area contributed by atoms with Crippen LogP contribution in [-0.2, 0) is 9.47 Å². The SMILES string of the molecule is CC(C)(C)OC(=O)N[C@H]1CCN(CCCCCCCCN2CCC(C)(OC(=O)Nc3ccccc3-c3ccccc3)CC2)C1. The van der Waals surface area contributed by atoms with Crippen LogP contribution in [-0.4, -0.2) is 78.5 Å². The number of carbonyl (C=O) groups excluding carboxylic acids is 2. The van der Waals surface area contributed by atoms with Crippen molar-refractivity contribution in [2.75, 3.05) is 44.6 Å². The van der Waals surface area contributed by atoms with E-state index in [4.69, 9.17) is 9.47 Å². The zero-order chi connectivity index (χ0) is 31.4. The first kappa shape index (κ1) is 33.8. The molecule has 4 rings (SSSR count). The molecule has 1 atom stereocenters. The number of alkyl carbamates (subject to hydrolysis) is 1. The van der Waals surface area contributed by atoms with Crippen LogP contribution < -0.4 is 10.6 Å². The van der Waals surface area contributed by atoms with E-state index in [1.807, 2.05) is 75.4 Å². The molecule has 44 heavy (non-hydrogen) atoms. The molecule has 0 aliphatic carbocycles. The van der Waals surface area contributed by atoms with Crippen molar-refractivity contribution in [3.63, 3.8) is 0 Å². The van der Waals surface area contributed by atoms with E-state index >= 15 is 0 Å². The number of hydrogen-bond acceptors (Lipinski definition) is 6. The van der Waals surface area contributed by atoms with E-state index in [9.17, 15) is 9.59 Å². The first-order valence-electron chi connectivity index (χ1n) is 16.7. The Hall–Kier alpha value is -3.10. The number of amides is 2. The first-order valence-corrected chi connectivity index (χ1v) is 16.7. The lowest BCUT2D eigenvalue weighted by atomic mass is 9.93. The van der Waals surface area contributed by atoms with E-state index in [1.165, 1.54) is 38.5 Å². The lowest BCUT2D eigenvalue weighted by molar-refractivity contribution is -0.0163. The largest absolute Gasteiger partial charge is 0.444 e. The fraction of sp³-hybridized carbons (Fsp3) is 0.611. The molecule has 2 aromatic rings. The highest BCUT2D eigenvalue weighted by Crippen LogP contribution is 2.30. The molecule has 2 amide bonds. The number of rotatable bonds is 13. The monoisotopic (exact) mass is 606 g/mol. The highest BCUT2D eigenvalue weighted by Gasteiger charge is 2.33. The average Bonchev–Trinajstić information content (AvgIpc) is 3.41. The molecule has 242 valence electrons. The number of para-hydroxylation sites is 1. The van der Waals surface area contributed by atoms with Crippen molar-refractivity contribution in [2.45, 2.75) is 103 Å². The van der Waals surface area contributed by atoms with Gasteiger partial charge in [-0.05, 0) is 84.5 Å². The molecule has 8 nitrogen and oxygen atoms in total. The van der Waals surface area contributed by atoms with Crippen molar-refractivity contribution in [3.05, 3.63) is 54.6 Å². The first-order chi connectivity index (χ1) is 21.1. The summed E-state index contributed by atoms with van der Waals surface area (Å²) in [6.07, 6.45) is 9.54. The topological polar surface area (TPSA) is 83.1 Å². The van der Waals surface area contributed by atoms with E-state index in [-0.39, 0.29) is 18.2 Å². The predicted molar refractivity (Wildman–Crippen MR) is 178 cm³/mol. The Morgan fingerprint density at radius 2 is 1.43 bits per heavy atom. The summed E-state index contributed by atoms with van der Waals surface area (Å²) in [6, 6.07) is 18.1. The fourth-order valence-corrected chi connectivity index (χ4v) is 6.18. The van der Waals surface area contributed by atoms with Crippen molar-refractivity contribution in [2.24, 2.45) is 0 Å². The van der Waals surface area contributed by atoms with Gasteiger partial charge in [0.25, 0.3) is 0 Å². The number of nitrogens with zero attached hydrogens (tertiary/aromatic N) is 2. The minimum absolute atomic E-state index is 0.198. The number of carbonyl (C=O) groups is 2. The van der Waals surface area contributed by atoms with Crippen molar-refractivity contribution in [1.82, 2.24) is 15.1 Å². The molecule has 0 saturated carbocycles. The van der Waals surface area contributed by atoms with Crippen LogP contribution in [0.3, 0.4) is 0 Å². The minimum atomic E-state index is -0.455. The van der Waals surface area contributed by atoms with Gasteiger partial charge in [-0.3, -0.25) is 5.32 Å². The molecule has 2 aromatic carbocycles. The Bertz CT molecular complexity index is 1170. The zero-order valence-corrected chi connectivity index (χ0v) is 27.4. The maximum atomic E-state index is 12.9. The number of likely N-dealkylation sites (tertiary alicyclic amines) is 2. The van der Waals surface area contributed by atoms with E-state index in [2.05, 4.69) is 27.4 Å². The maximum Gasteiger partial charge on any atom is 0.412 e. The molecule has 0 aromatic heterocycles. The summed E-state index contributed by atoms with van der Waals surface area (Å²) < 4.78 is 11.4. The van der Waals surface area contributed by atoms with Gasteiger partial charge in [-0.2, -0.15) is 0 Å². The lowest BCUT2D eigenvalue weighted by Gasteiger charge is -2.38. The molecule has 2 N–H and O–H groups in total. The highest BCUT2D eigenvalue weighted by molar-refractivity contribution is 5.91. The Balaban J connectivity index is 1.03. The number of nitrogens with one attached hydrogen (secondary N) is 2. The second-order valence-corrected chi connectivity index (χ2v) is 13.8. The van der Waals surface area contributed by atoms with E-state index < -0.39 is 11.2 Å². The third kappa shape index (κ3) is 11.4. The number of piperidine rings is 1. The van der Waals surface area contributed by atoms with Crippen LogP contribution >= 0.6 is 0 Å². The molecule has 0 bridgehead atoms. The summed E-state index contributed by atoms with van der Waals surface area (Å²) >= 11 is 0. The van der Waals surface area contributed by atoms with E-state index in [0.717, 1.165) is 75.3 Å². The number of unbranched alkanes of at least 4 members (excludes halogenated alkanes) is 5. The molecule has 2 fully saturated rings. The molecule has 2 saturated heterocycles. The number of hydrogen-bond donors (Lipinski definition) is 2. The molecular formula is C36H54N4O4. The lowest BCUT2D eigenvalue weighted by Crippen LogP contribution is -2.46. The van der Waals surface area contributed by atoms with Gasteiger partial charge in [0.15, 0.2) is 0 Å². The van der Waals surface area contributed by atoms with Crippen LogP contribution in [0.5, 0.6) is 0 Å². The third-order valence-electron chi connectivity index (χ3n) is 8.69. The third-order valence-corrected chi connectivity index (χ3v) is 8.69. The van der Waals surface area contributed by atoms with Gasteiger partial charge in [0, 0.05) is 37.8 Å². The Morgan fingerprint density at radius 3 is 2.11 bits per heavy atom. The van der Waals surface area contributed by atoms with Gasteiger partial charge in [0.1, 0.15) is 11.2 Å². The summed E-state index contributed by atoms with van der Waals surface area (Å²) in [4.78, 5) is 29.9. The molecular weight excluding hydrogens is 552 g/mol. The zero-order valence-electron chi connectivity index (χ0n) is 27.4. The van der Waals surface area contributed by atoms with Crippen LogP contribution in [0, 0.1) is 0 Å². The van der Waals surface area contributed by atoms with Crippen molar-refractivity contribution in [1.29, 1.82) is 0 Å². The van der Waals surface area contributed by atoms with Crippen LogP contribution in [0.25, 0.3) is 11.1 Å². The fourth-order valence-electron chi connectivity index (χ4n) is 6.18. The normalized spacial score (nSPS) is 19.0. The minimum Gasteiger partial charge on any atom is -0.444 e. The maximum absolute atomic E-state index is 12.9. The van der Waals surface area contributed by atoms with Crippen LogP contribution in [0.2, 0.25) is 0 Å². The van der Waals surface area contributed by atoms with Gasteiger partial charge in [0.2, 0.25) is 0 Å². The highest BCUT2D eigenvalue weighted by atomic mass is 16.6. The summed E-state index contributed by atoms with van der Waals surface area (Å²) in [5.74, 6) is 0. The smallest absolute Gasteiger partial charge is 0.412 e. The quantitative estimate of drug-likeness (QED) is 0.228. The number of ether oxygens (including phenoxy) is 2. The van der Waals surface area contributed by atoms with Gasteiger partial charge in [-0.1, -0.05) is 74.2 Å². The van der Waals surface area contributed by atoms with Crippen LogP contribution in [0.4, 0.5) is 15.3 Å². The van der Waals surface area contributed by atoms with Crippen molar-refractivity contribution < 1.29 is 19.1 Å². The van der Waals surface area contributed by atoms with Crippen LogP contribution in [0.1, 0.15) is 85.5 Å². The molecule has 0 unspecified atom stereocenters. The number of anilines is 1. The van der Waals surface area contributed by atoms with Gasteiger partial charge in [0.05, 0.1) is 5.69 Å². The Labute approximate surface area is 264 Å². The van der Waals surface area contributed by atoms with Crippen molar-refractivity contribution in [3.8, 4) is 11.1 Å². The molecule has 0 radical (unpaired) electrons. The summed E-state index contributed by atoms with van der Waals surface area (Å²) in [6.45, 7) is 13.9. The van der Waals surface area contributed by atoms with Crippen molar-refractivity contribution >= 4 is 17.9 Å². The Morgan fingerprint density at radius 1 is 0.818 bits per heavy atom. The number of benzene rings is 2. The molecule has 2 aliphatic rings. The molecule has 2 heterocycles. The van der Waals surface area contributed by atoms with Gasteiger partial charge in [-0.25, -0.2) is 9.59 Å². The molecule has 0 spiro atoms. The summed E-state index contributed by atoms with van der Waals surface area (Å²) in [5.41, 5.74) is 1.92. The van der Waals surface area contributed by atoms with Gasteiger partial charge < -0.3 is 24.6 Å². The van der Waals surface area contributed by atoms with Gasteiger partial charge in [-0.15, -0.1) is 0 Å². The summed E-state index contributed by atoms with van der Waals surface area (Å²) in [5, 5.41) is 6.00. The van der Waals surface area contributed by atoms with E-state index in [0.29, 0.717) is 0 Å². The van der Waals surface area contributed by atoms with Crippen LogP contribution in [0.15, 0.2) is 54.6 Å².